The van der Waals surface area contributed by atoms with Gasteiger partial charge in [-0.25, -0.2) is 0 Å². The largest absolute Gasteiger partial charge is 0.459 e. The van der Waals surface area contributed by atoms with Gasteiger partial charge in [0.05, 0.1) is 17.4 Å². The Bertz CT molecular complexity index is 515. The first-order valence-corrected chi connectivity index (χ1v) is 8.43. The highest BCUT2D eigenvalue weighted by Gasteiger charge is 2.33. The molecule has 1 unspecified atom stereocenters. The normalized spacial score (nSPS) is 14.3. The molecule has 0 radical (unpaired) electrons. The maximum atomic E-state index is 12.4. The molecule has 0 fully saturated rings. The van der Waals surface area contributed by atoms with Crippen molar-refractivity contribution in [2.24, 2.45) is 16.5 Å². The molecule has 0 spiro atoms. The average Bonchev–Trinajstić information content (AvgIpc) is 2.48. The Morgan fingerprint density at radius 3 is 2.40 bits per heavy atom. The molecule has 0 heterocycles. The third-order valence-corrected chi connectivity index (χ3v) is 3.34. The monoisotopic (exact) mass is 353 g/mol. The number of nitrogens with zero attached hydrogens (tertiary/aromatic N) is 2. The highest BCUT2D eigenvalue weighted by Crippen LogP contribution is 2.18. The van der Waals surface area contributed by atoms with E-state index in [-0.39, 0.29) is 19.4 Å². The minimum absolute atomic E-state index is 0.163. The van der Waals surface area contributed by atoms with Crippen molar-refractivity contribution < 1.29 is 14.3 Å². The Morgan fingerprint density at radius 2 is 1.88 bits per heavy atom. The molecule has 0 aromatic rings. The summed E-state index contributed by atoms with van der Waals surface area (Å²) in [6, 6.07) is 2.00. The Balaban J connectivity index is 4.60. The Hall–Kier alpha value is -2.14. The van der Waals surface area contributed by atoms with E-state index < -0.39 is 23.0 Å². The molecule has 1 atom stereocenters. The zero-order valence-electron chi connectivity index (χ0n) is 15.7. The lowest BCUT2D eigenvalue weighted by Crippen LogP contribution is -2.55. The molecule has 8 heteroatoms. The summed E-state index contributed by atoms with van der Waals surface area (Å²) in [4.78, 5) is 28.2. The van der Waals surface area contributed by atoms with E-state index in [1.54, 1.807) is 27.7 Å². The van der Waals surface area contributed by atoms with Crippen molar-refractivity contribution in [3.8, 4) is 6.07 Å². The maximum Gasteiger partial charge on any atom is 0.325 e. The standard InChI is InChI=1S/C17H31N5O3/c1-13(19)21-11-6-5-8-17(20,9-7-10-18)15(24)22-12-14(23)25-16(2,3)4/h5-9,11-12,20H2,1-4H3,(H2,19,21)(H,22,24). The SMILES string of the molecule is CC(N)=NCCCCC(N)(CCC#N)C(=O)NCC(=O)OC(C)(C)C. The second-order valence-electron chi connectivity index (χ2n) is 7.06. The van der Waals surface area contributed by atoms with Crippen molar-refractivity contribution in [1.29, 1.82) is 5.26 Å². The van der Waals surface area contributed by atoms with Gasteiger partial charge in [-0.05, 0) is 53.4 Å². The van der Waals surface area contributed by atoms with Gasteiger partial charge in [0.2, 0.25) is 5.91 Å². The van der Waals surface area contributed by atoms with Crippen LogP contribution in [0.2, 0.25) is 0 Å². The Kier molecular flexibility index (Phi) is 9.76. The second kappa shape index (κ2) is 10.7. The molecule has 0 saturated carbocycles. The molecule has 5 N–H and O–H groups in total. The lowest BCUT2D eigenvalue weighted by Gasteiger charge is -2.27. The topological polar surface area (TPSA) is 144 Å². The molecule has 25 heavy (non-hydrogen) atoms. The second-order valence-corrected chi connectivity index (χ2v) is 7.06. The predicted molar refractivity (Wildman–Crippen MR) is 96.6 cm³/mol. The van der Waals surface area contributed by atoms with Crippen molar-refractivity contribution in [2.75, 3.05) is 13.1 Å². The van der Waals surface area contributed by atoms with Crippen LogP contribution < -0.4 is 16.8 Å². The van der Waals surface area contributed by atoms with E-state index in [1.807, 2.05) is 6.07 Å². The highest BCUT2D eigenvalue weighted by molar-refractivity contribution is 5.89. The number of hydrogen-bond donors (Lipinski definition) is 3. The van der Waals surface area contributed by atoms with E-state index in [0.29, 0.717) is 25.2 Å². The summed E-state index contributed by atoms with van der Waals surface area (Å²) in [6.07, 6.45) is 2.19. The number of nitriles is 1. The van der Waals surface area contributed by atoms with Crippen molar-refractivity contribution in [2.45, 2.75) is 70.9 Å². The van der Waals surface area contributed by atoms with E-state index in [2.05, 4.69) is 10.3 Å². The first-order chi connectivity index (χ1) is 11.5. The van der Waals surface area contributed by atoms with Crippen LogP contribution in [-0.4, -0.2) is 41.9 Å². The van der Waals surface area contributed by atoms with Gasteiger partial charge < -0.3 is 21.5 Å². The summed E-state index contributed by atoms with van der Waals surface area (Å²) in [6.45, 7) is 7.27. The molecule has 0 bridgehead atoms. The fourth-order valence-electron chi connectivity index (χ4n) is 2.14. The summed E-state index contributed by atoms with van der Waals surface area (Å²) in [5, 5.41) is 11.3. The molecule has 142 valence electrons. The number of carbonyl (C=O) groups is 2. The fraction of sp³-hybridized carbons (Fsp3) is 0.765. The zero-order valence-corrected chi connectivity index (χ0v) is 15.7. The number of aliphatic imine (C=N–C) groups is 1. The number of nitrogens with two attached hydrogens (primary N) is 2. The van der Waals surface area contributed by atoms with E-state index in [9.17, 15) is 9.59 Å². The Morgan fingerprint density at radius 1 is 1.24 bits per heavy atom. The molecular weight excluding hydrogens is 322 g/mol. The maximum absolute atomic E-state index is 12.4. The first kappa shape index (κ1) is 22.9. The minimum atomic E-state index is -1.20. The van der Waals surface area contributed by atoms with Gasteiger partial charge in [-0.3, -0.25) is 14.6 Å². The molecule has 1 amide bonds. The third-order valence-electron chi connectivity index (χ3n) is 3.34. The van der Waals surface area contributed by atoms with Crippen molar-refractivity contribution >= 4 is 17.7 Å². The number of amides is 1. The van der Waals surface area contributed by atoms with Gasteiger partial charge in [0.15, 0.2) is 0 Å². The number of nitrogens with one attached hydrogen (secondary N) is 1. The smallest absolute Gasteiger partial charge is 0.325 e. The van der Waals surface area contributed by atoms with Gasteiger partial charge in [-0.15, -0.1) is 0 Å². The molecule has 0 aliphatic heterocycles. The van der Waals surface area contributed by atoms with Crippen LogP contribution >= 0.6 is 0 Å². The van der Waals surface area contributed by atoms with Gasteiger partial charge in [0.25, 0.3) is 0 Å². The van der Waals surface area contributed by atoms with E-state index >= 15 is 0 Å². The fourth-order valence-corrected chi connectivity index (χ4v) is 2.14. The van der Waals surface area contributed by atoms with Gasteiger partial charge in [-0.1, -0.05) is 0 Å². The number of esters is 1. The van der Waals surface area contributed by atoms with Crippen LogP contribution in [0.3, 0.4) is 0 Å². The molecule has 0 aliphatic rings. The predicted octanol–water partition coefficient (Wildman–Crippen LogP) is 0.993. The number of amidine groups is 1. The van der Waals surface area contributed by atoms with E-state index in [1.165, 1.54) is 0 Å². The minimum Gasteiger partial charge on any atom is -0.459 e. The summed E-state index contributed by atoms with van der Waals surface area (Å²) >= 11 is 0. The van der Waals surface area contributed by atoms with Crippen LogP contribution in [-0.2, 0) is 14.3 Å². The molecule has 0 saturated heterocycles. The first-order valence-electron chi connectivity index (χ1n) is 8.43. The number of ether oxygens (including phenoxy) is 1. The highest BCUT2D eigenvalue weighted by atomic mass is 16.6. The van der Waals surface area contributed by atoms with Crippen LogP contribution in [0.4, 0.5) is 0 Å². The van der Waals surface area contributed by atoms with Crippen molar-refractivity contribution in [3.05, 3.63) is 0 Å². The summed E-state index contributed by atoms with van der Waals surface area (Å²) in [5.41, 5.74) is 9.86. The summed E-state index contributed by atoms with van der Waals surface area (Å²) in [5.74, 6) is -0.470. The number of hydrogen-bond acceptors (Lipinski definition) is 6. The molecule has 0 aliphatic carbocycles. The zero-order chi connectivity index (χ0) is 19.5. The third kappa shape index (κ3) is 11.1. The van der Waals surface area contributed by atoms with Crippen molar-refractivity contribution in [1.82, 2.24) is 5.32 Å². The van der Waals surface area contributed by atoms with E-state index in [4.69, 9.17) is 21.5 Å². The van der Waals surface area contributed by atoms with Gasteiger partial charge in [0, 0.05) is 13.0 Å². The van der Waals surface area contributed by atoms with Crippen LogP contribution in [0.1, 0.15) is 59.8 Å². The van der Waals surface area contributed by atoms with Gasteiger partial charge in [-0.2, -0.15) is 5.26 Å². The average molecular weight is 353 g/mol. The Labute approximate surface area is 150 Å². The van der Waals surface area contributed by atoms with Crippen molar-refractivity contribution in [3.63, 3.8) is 0 Å². The molecule has 0 rings (SSSR count). The number of rotatable bonds is 10. The lowest BCUT2D eigenvalue weighted by molar-refractivity contribution is -0.154. The number of unbranched alkanes of at least 4 members (excludes halogenated alkanes) is 1. The van der Waals surface area contributed by atoms with E-state index in [0.717, 1.165) is 6.42 Å². The van der Waals surface area contributed by atoms with Crippen LogP contribution in [0, 0.1) is 11.3 Å². The molecule has 8 nitrogen and oxygen atoms in total. The number of carbonyl (C=O) groups excluding carboxylic acids is 2. The molecular formula is C17H31N5O3. The lowest BCUT2D eigenvalue weighted by atomic mass is 9.88. The van der Waals surface area contributed by atoms with Gasteiger partial charge >= 0.3 is 5.97 Å². The van der Waals surface area contributed by atoms with Gasteiger partial charge in [0.1, 0.15) is 12.1 Å². The van der Waals surface area contributed by atoms with Crippen LogP contribution in [0.15, 0.2) is 4.99 Å². The molecule has 0 aromatic heterocycles. The summed E-state index contributed by atoms with van der Waals surface area (Å²) in [7, 11) is 0. The van der Waals surface area contributed by atoms with Crippen LogP contribution in [0.5, 0.6) is 0 Å². The summed E-state index contributed by atoms with van der Waals surface area (Å²) < 4.78 is 5.14. The quantitative estimate of drug-likeness (QED) is 0.231. The molecule has 0 aromatic carbocycles. The van der Waals surface area contributed by atoms with Crippen LogP contribution in [0.25, 0.3) is 0 Å².